The van der Waals surface area contributed by atoms with Crippen LogP contribution in [0.4, 0.5) is 0 Å². The van der Waals surface area contributed by atoms with Gasteiger partial charge in [0.25, 0.3) is 0 Å². The summed E-state index contributed by atoms with van der Waals surface area (Å²) < 4.78 is 0. The van der Waals surface area contributed by atoms with Crippen molar-refractivity contribution in [2.75, 3.05) is 13.1 Å². The fourth-order valence-corrected chi connectivity index (χ4v) is 4.07. The van der Waals surface area contributed by atoms with E-state index in [2.05, 4.69) is 10.2 Å². The van der Waals surface area contributed by atoms with Crippen LogP contribution in [0.5, 0.6) is 0 Å². The van der Waals surface area contributed by atoms with Gasteiger partial charge in [0.05, 0.1) is 12.6 Å². The number of Topliss-reactive ketones (excluding diaryl/α,β-unsaturated/α-hetero) is 1. The van der Waals surface area contributed by atoms with E-state index in [1.165, 1.54) is 38.5 Å². The minimum Gasteiger partial charge on any atom is -0.345 e. The Bertz CT molecular complexity index is 375. The Labute approximate surface area is 128 Å². The van der Waals surface area contributed by atoms with Gasteiger partial charge in [0.1, 0.15) is 0 Å². The number of amides is 1. The molecule has 2 aliphatic rings. The van der Waals surface area contributed by atoms with Gasteiger partial charge in [-0.1, -0.05) is 26.7 Å². The van der Waals surface area contributed by atoms with E-state index in [-0.39, 0.29) is 23.7 Å². The van der Waals surface area contributed by atoms with Crippen LogP contribution in [0, 0.1) is 11.8 Å². The smallest absolute Gasteiger partial charge is 0.234 e. The molecule has 4 heteroatoms. The van der Waals surface area contributed by atoms with Gasteiger partial charge in [-0.2, -0.15) is 0 Å². The molecular weight excluding hydrogens is 264 g/mol. The summed E-state index contributed by atoms with van der Waals surface area (Å²) in [5.41, 5.74) is 0. The molecule has 1 aliphatic heterocycles. The highest BCUT2D eigenvalue weighted by molar-refractivity contribution is 5.88. The molecule has 1 aliphatic carbocycles. The topological polar surface area (TPSA) is 49.4 Å². The van der Waals surface area contributed by atoms with Crippen LogP contribution >= 0.6 is 0 Å². The van der Waals surface area contributed by atoms with Crippen LogP contribution in [0.3, 0.4) is 0 Å². The van der Waals surface area contributed by atoms with Gasteiger partial charge in [0.2, 0.25) is 5.91 Å². The lowest BCUT2D eigenvalue weighted by atomic mass is 9.96. The highest BCUT2D eigenvalue weighted by atomic mass is 16.2. The predicted molar refractivity (Wildman–Crippen MR) is 84.0 cm³/mol. The van der Waals surface area contributed by atoms with Gasteiger partial charge < -0.3 is 5.32 Å². The maximum atomic E-state index is 12.3. The summed E-state index contributed by atoms with van der Waals surface area (Å²) in [5.74, 6) is 0.991. The fourth-order valence-electron chi connectivity index (χ4n) is 4.07. The van der Waals surface area contributed by atoms with Crippen molar-refractivity contribution in [1.82, 2.24) is 10.2 Å². The van der Waals surface area contributed by atoms with E-state index in [0.717, 1.165) is 12.5 Å². The van der Waals surface area contributed by atoms with Crippen LogP contribution in [0.2, 0.25) is 0 Å². The third-order valence-corrected chi connectivity index (χ3v) is 5.13. The van der Waals surface area contributed by atoms with Crippen LogP contribution in [0.15, 0.2) is 0 Å². The molecule has 1 heterocycles. The second-order valence-corrected chi connectivity index (χ2v) is 7.12. The van der Waals surface area contributed by atoms with E-state index >= 15 is 0 Å². The van der Waals surface area contributed by atoms with E-state index in [1.807, 2.05) is 13.8 Å². The largest absolute Gasteiger partial charge is 0.345 e. The molecule has 0 bridgehead atoms. The zero-order chi connectivity index (χ0) is 15.4. The monoisotopic (exact) mass is 294 g/mol. The van der Waals surface area contributed by atoms with Gasteiger partial charge in [-0.15, -0.1) is 0 Å². The minimum atomic E-state index is -0.343. The van der Waals surface area contributed by atoms with E-state index < -0.39 is 0 Å². The molecule has 2 atom stereocenters. The normalized spacial score (nSPS) is 25.4. The molecule has 4 nitrogen and oxygen atoms in total. The zero-order valence-electron chi connectivity index (χ0n) is 13.7. The Balaban J connectivity index is 1.87. The van der Waals surface area contributed by atoms with Gasteiger partial charge in [-0.05, 0) is 51.0 Å². The highest BCUT2D eigenvalue weighted by Gasteiger charge is 2.34. The van der Waals surface area contributed by atoms with Crippen LogP contribution in [0.25, 0.3) is 0 Å². The molecule has 21 heavy (non-hydrogen) atoms. The molecule has 0 aromatic heterocycles. The van der Waals surface area contributed by atoms with Gasteiger partial charge >= 0.3 is 0 Å². The first-order chi connectivity index (χ1) is 9.99. The molecule has 0 aromatic carbocycles. The quantitative estimate of drug-likeness (QED) is 0.818. The van der Waals surface area contributed by atoms with Gasteiger partial charge in [0.15, 0.2) is 5.78 Å². The molecule has 2 unspecified atom stereocenters. The summed E-state index contributed by atoms with van der Waals surface area (Å²) in [5, 5.41) is 2.92. The number of likely N-dealkylation sites (tertiary alicyclic amines) is 1. The Kier molecular flexibility index (Phi) is 5.80. The average molecular weight is 294 g/mol. The fraction of sp³-hybridized carbons (Fsp3) is 0.882. The molecule has 1 N–H and O–H groups in total. The first-order valence-corrected chi connectivity index (χ1v) is 8.53. The third kappa shape index (κ3) is 4.29. The van der Waals surface area contributed by atoms with Gasteiger partial charge in [-0.25, -0.2) is 0 Å². The predicted octanol–water partition coefficient (Wildman–Crippen LogP) is 2.37. The molecule has 1 saturated carbocycles. The Morgan fingerprint density at radius 1 is 1.14 bits per heavy atom. The SMILES string of the molecule is CC(=O)C(NC(=O)CN1CCCC1C1CCCC1)C(C)C. The summed E-state index contributed by atoms with van der Waals surface area (Å²) in [7, 11) is 0. The van der Waals surface area contributed by atoms with E-state index in [1.54, 1.807) is 6.92 Å². The van der Waals surface area contributed by atoms with Crippen molar-refractivity contribution >= 4 is 11.7 Å². The van der Waals surface area contributed by atoms with Crippen molar-refractivity contribution in [3.05, 3.63) is 0 Å². The number of nitrogens with one attached hydrogen (secondary N) is 1. The van der Waals surface area contributed by atoms with Gasteiger partial charge in [-0.3, -0.25) is 14.5 Å². The Morgan fingerprint density at radius 3 is 2.38 bits per heavy atom. The molecule has 0 spiro atoms. The van der Waals surface area contributed by atoms with Crippen LogP contribution in [0.1, 0.15) is 59.3 Å². The summed E-state index contributed by atoms with van der Waals surface area (Å²) in [6.45, 7) is 6.99. The average Bonchev–Trinajstić information content (AvgIpc) is 3.05. The number of carbonyl (C=O) groups is 2. The molecule has 0 aromatic rings. The van der Waals surface area contributed by atoms with E-state index in [9.17, 15) is 9.59 Å². The number of hydrogen-bond acceptors (Lipinski definition) is 3. The van der Waals surface area contributed by atoms with Crippen LogP contribution in [-0.4, -0.2) is 41.8 Å². The Morgan fingerprint density at radius 2 is 1.81 bits per heavy atom. The van der Waals surface area contributed by atoms with Crippen molar-refractivity contribution < 1.29 is 9.59 Å². The second-order valence-electron chi connectivity index (χ2n) is 7.12. The number of carbonyl (C=O) groups excluding carboxylic acids is 2. The lowest BCUT2D eigenvalue weighted by molar-refractivity contribution is -0.128. The Hall–Kier alpha value is -0.900. The zero-order valence-corrected chi connectivity index (χ0v) is 13.7. The van der Waals surface area contributed by atoms with Crippen molar-refractivity contribution in [2.24, 2.45) is 11.8 Å². The van der Waals surface area contributed by atoms with Crippen LogP contribution in [-0.2, 0) is 9.59 Å². The summed E-state index contributed by atoms with van der Waals surface area (Å²) in [6, 6.07) is 0.248. The van der Waals surface area contributed by atoms with Crippen molar-refractivity contribution in [3.63, 3.8) is 0 Å². The molecule has 120 valence electrons. The molecule has 2 fully saturated rings. The second kappa shape index (κ2) is 7.39. The summed E-state index contributed by atoms with van der Waals surface area (Å²) in [6.07, 6.45) is 7.78. The number of rotatable bonds is 6. The van der Waals surface area contributed by atoms with E-state index in [0.29, 0.717) is 12.6 Å². The molecule has 2 rings (SSSR count). The lowest BCUT2D eigenvalue weighted by Crippen LogP contribution is -2.48. The lowest BCUT2D eigenvalue weighted by Gasteiger charge is -2.29. The maximum absolute atomic E-state index is 12.3. The molecule has 1 amide bonds. The standard InChI is InChI=1S/C17H30N2O2/c1-12(2)17(13(3)20)18-16(21)11-19-10-6-9-15(19)14-7-4-5-8-14/h12,14-15,17H,4-11H2,1-3H3,(H,18,21). The van der Waals surface area contributed by atoms with E-state index in [4.69, 9.17) is 0 Å². The maximum Gasteiger partial charge on any atom is 0.234 e. The number of nitrogens with zero attached hydrogens (tertiary/aromatic N) is 1. The molecular formula is C17H30N2O2. The highest BCUT2D eigenvalue weighted by Crippen LogP contribution is 2.35. The number of ketones is 1. The first-order valence-electron chi connectivity index (χ1n) is 8.53. The van der Waals surface area contributed by atoms with Crippen LogP contribution < -0.4 is 5.32 Å². The number of hydrogen-bond donors (Lipinski definition) is 1. The minimum absolute atomic E-state index is 0.00815. The molecule has 1 saturated heterocycles. The van der Waals surface area contributed by atoms with Crippen molar-refractivity contribution in [3.8, 4) is 0 Å². The third-order valence-electron chi connectivity index (χ3n) is 5.13. The first kappa shape index (κ1) is 16.5. The van der Waals surface area contributed by atoms with Crippen molar-refractivity contribution in [2.45, 2.75) is 71.4 Å². The van der Waals surface area contributed by atoms with Crippen molar-refractivity contribution in [1.29, 1.82) is 0 Å². The molecule has 0 radical (unpaired) electrons. The summed E-state index contributed by atoms with van der Waals surface area (Å²) in [4.78, 5) is 26.2. The summed E-state index contributed by atoms with van der Waals surface area (Å²) >= 11 is 0. The van der Waals surface area contributed by atoms with Gasteiger partial charge in [0, 0.05) is 6.04 Å².